The monoisotopic (exact) mass is 413 g/mol. The molecule has 0 aliphatic carbocycles. The minimum absolute atomic E-state index is 0.161. The maximum Gasteiger partial charge on any atom is 0.236 e. The van der Waals surface area contributed by atoms with Crippen LogP contribution in [0, 0.1) is 5.82 Å². The maximum atomic E-state index is 13.1. The van der Waals surface area contributed by atoms with Gasteiger partial charge in [0.15, 0.2) is 0 Å². The van der Waals surface area contributed by atoms with E-state index in [2.05, 4.69) is 9.80 Å². The molecule has 3 aliphatic heterocycles. The fraction of sp³-hybridized carbons (Fsp3) is 0.522. The molecule has 1 N–H and O–H groups in total. The highest BCUT2D eigenvalue weighted by Crippen LogP contribution is 2.45. The van der Waals surface area contributed by atoms with Gasteiger partial charge in [-0.25, -0.2) is 4.39 Å². The number of benzene rings is 1. The summed E-state index contributed by atoms with van der Waals surface area (Å²) in [5.41, 5.74) is 0.0742. The summed E-state index contributed by atoms with van der Waals surface area (Å²) in [4.78, 5) is 19.4. The van der Waals surface area contributed by atoms with Crippen molar-refractivity contribution in [2.45, 2.75) is 43.4 Å². The van der Waals surface area contributed by atoms with Crippen LogP contribution in [0.15, 0.2) is 47.1 Å². The molecule has 160 valence electrons. The third-order valence-electron chi connectivity index (χ3n) is 7.04. The first kappa shape index (κ1) is 19.6. The van der Waals surface area contributed by atoms with Crippen LogP contribution in [-0.4, -0.2) is 65.6 Å². The molecule has 30 heavy (non-hydrogen) atoms. The first-order valence-corrected chi connectivity index (χ1v) is 10.8. The van der Waals surface area contributed by atoms with Gasteiger partial charge in [0.25, 0.3) is 0 Å². The smallest absolute Gasteiger partial charge is 0.236 e. The zero-order valence-electron chi connectivity index (χ0n) is 17.0. The van der Waals surface area contributed by atoms with E-state index in [9.17, 15) is 14.3 Å². The van der Waals surface area contributed by atoms with Crippen molar-refractivity contribution in [3.8, 4) is 0 Å². The first-order valence-electron chi connectivity index (χ1n) is 10.8. The van der Waals surface area contributed by atoms with Crippen molar-refractivity contribution in [3.05, 3.63) is 54.2 Å². The predicted octanol–water partition coefficient (Wildman–Crippen LogP) is 2.58. The number of piperazine rings is 1. The molecule has 2 bridgehead atoms. The van der Waals surface area contributed by atoms with Crippen molar-refractivity contribution in [3.63, 3.8) is 0 Å². The standard InChI is InChI=1S/C23H28FN3O3/c24-17-3-5-18(6-4-17)25-9-11-26(12-10-25)22(28)16-27-19-7-8-20(27)15-23(29,14-19)21-2-1-13-30-21/h1-6,13,19-20,29H,7-12,14-16H2/t19-,20+,23?. The Labute approximate surface area is 175 Å². The summed E-state index contributed by atoms with van der Waals surface area (Å²) < 4.78 is 18.6. The van der Waals surface area contributed by atoms with Crippen molar-refractivity contribution in [1.82, 2.24) is 9.80 Å². The van der Waals surface area contributed by atoms with Crippen molar-refractivity contribution >= 4 is 11.6 Å². The number of nitrogens with zero attached hydrogens (tertiary/aromatic N) is 3. The molecule has 0 saturated carbocycles. The number of furan rings is 1. The topological polar surface area (TPSA) is 60.2 Å². The highest BCUT2D eigenvalue weighted by Gasteiger charge is 2.50. The van der Waals surface area contributed by atoms with Gasteiger partial charge in [-0.1, -0.05) is 0 Å². The second-order valence-corrected chi connectivity index (χ2v) is 8.82. The molecule has 4 heterocycles. The molecule has 2 aromatic rings. The Hall–Kier alpha value is -2.38. The van der Waals surface area contributed by atoms with Crippen molar-refractivity contribution in [2.75, 3.05) is 37.6 Å². The molecule has 1 aromatic heterocycles. The van der Waals surface area contributed by atoms with Crippen LogP contribution in [0.3, 0.4) is 0 Å². The molecule has 1 aromatic carbocycles. The number of hydrogen-bond donors (Lipinski definition) is 1. The zero-order chi connectivity index (χ0) is 20.7. The van der Waals surface area contributed by atoms with Crippen molar-refractivity contribution in [2.24, 2.45) is 0 Å². The molecule has 7 heteroatoms. The molecule has 1 unspecified atom stereocenters. The van der Waals surface area contributed by atoms with E-state index in [1.807, 2.05) is 17.0 Å². The number of hydrogen-bond acceptors (Lipinski definition) is 5. The normalized spacial score (nSPS) is 29.4. The summed E-state index contributed by atoms with van der Waals surface area (Å²) in [5, 5.41) is 11.1. The summed E-state index contributed by atoms with van der Waals surface area (Å²) in [6, 6.07) is 10.6. The lowest BCUT2D eigenvalue weighted by molar-refractivity contribution is -0.136. The van der Waals surface area contributed by atoms with Crippen molar-refractivity contribution in [1.29, 1.82) is 0 Å². The summed E-state index contributed by atoms with van der Waals surface area (Å²) >= 11 is 0. The summed E-state index contributed by atoms with van der Waals surface area (Å²) in [7, 11) is 0. The van der Waals surface area contributed by atoms with Gasteiger partial charge in [0.2, 0.25) is 5.91 Å². The number of carbonyl (C=O) groups is 1. The zero-order valence-corrected chi connectivity index (χ0v) is 17.0. The van der Waals surface area contributed by atoms with Crippen LogP contribution in [0.5, 0.6) is 0 Å². The third-order valence-corrected chi connectivity index (χ3v) is 7.04. The summed E-state index contributed by atoms with van der Waals surface area (Å²) in [5.74, 6) is 0.569. The quantitative estimate of drug-likeness (QED) is 0.835. The van der Waals surface area contributed by atoms with Gasteiger partial charge in [-0.2, -0.15) is 0 Å². The molecular formula is C23H28FN3O3. The molecule has 6 nitrogen and oxygen atoms in total. The number of anilines is 1. The van der Waals surface area contributed by atoms with Gasteiger partial charge in [-0.15, -0.1) is 0 Å². The Morgan fingerprint density at radius 1 is 1.07 bits per heavy atom. The van der Waals surface area contributed by atoms with Crippen LogP contribution >= 0.6 is 0 Å². The molecule has 1 amide bonds. The number of aliphatic hydroxyl groups is 1. The first-order chi connectivity index (χ1) is 14.5. The van der Waals surface area contributed by atoms with Crippen LogP contribution in [0.2, 0.25) is 0 Å². The van der Waals surface area contributed by atoms with E-state index in [-0.39, 0.29) is 23.8 Å². The summed E-state index contributed by atoms with van der Waals surface area (Å²) in [6.45, 7) is 3.27. The van der Waals surface area contributed by atoms with Crippen LogP contribution in [-0.2, 0) is 10.4 Å². The largest absolute Gasteiger partial charge is 0.466 e. The van der Waals surface area contributed by atoms with E-state index in [1.165, 1.54) is 12.1 Å². The number of rotatable bonds is 4. The Morgan fingerprint density at radius 2 is 1.73 bits per heavy atom. The van der Waals surface area contributed by atoms with E-state index in [4.69, 9.17) is 4.42 Å². The Morgan fingerprint density at radius 3 is 2.33 bits per heavy atom. The number of amides is 1. The number of fused-ring (bicyclic) bond motifs is 2. The van der Waals surface area contributed by atoms with E-state index < -0.39 is 5.60 Å². The van der Waals surface area contributed by atoms with Gasteiger partial charge in [0, 0.05) is 44.0 Å². The van der Waals surface area contributed by atoms with Gasteiger partial charge in [-0.05, 0) is 62.1 Å². The average Bonchev–Trinajstić information content (AvgIpc) is 3.37. The van der Waals surface area contributed by atoms with Crippen molar-refractivity contribution < 1.29 is 18.7 Å². The molecule has 0 spiro atoms. The van der Waals surface area contributed by atoms with Crippen LogP contribution in [0.25, 0.3) is 0 Å². The average molecular weight is 413 g/mol. The minimum Gasteiger partial charge on any atom is -0.466 e. The lowest BCUT2D eigenvalue weighted by atomic mass is 9.84. The molecule has 5 rings (SSSR count). The molecule has 3 fully saturated rings. The van der Waals surface area contributed by atoms with Gasteiger partial charge in [-0.3, -0.25) is 9.69 Å². The molecular weight excluding hydrogens is 385 g/mol. The third kappa shape index (κ3) is 3.61. The summed E-state index contributed by atoms with van der Waals surface area (Å²) in [6.07, 6.45) is 4.86. The highest BCUT2D eigenvalue weighted by molar-refractivity contribution is 5.78. The van der Waals surface area contributed by atoms with E-state index in [0.29, 0.717) is 38.2 Å². The lowest BCUT2D eigenvalue weighted by Crippen LogP contribution is -2.55. The van der Waals surface area contributed by atoms with E-state index in [1.54, 1.807) is 18.4 Å². The minimum atomic E-state index is -0.921. The Bertz CT molecular complexity index is 864. The number of halogens is 1. The fourth-order valence-corrected chi connectivity index (χ4v) is 5.44. The number of piperidine rings is 1. The lowest BCUT2D eigenvalue weighted by Gasteiger charge is -2.43. The van der Waals surface area contributed by atoms with Gasteiger partial charge in [0.05, 0.1) is 12.8 Å². The SMILES string of the molecule is O=C(CN1[C@@H]2CC[C@H]1CC(O)(c1ccco1)C2)N1CCN(c2ccc(F)cc2)CC1. The Kier molecular flexibility index (Phi) is 5.03. The maximum absolute atomic E-state index is 13.1. The van der Waals surface area contributed by atoms with Crippen LogP contribution in [0.4, 0.5) is 10.1 Å². The van der Waals surface area contributed by atoms with E-state index in [0.717, 1.165) is 31.6 Å². The number of carbonyl (C=O) groups excluding carboxylic acids is 1. The molecule has 0 radical (unpaired) electrons. The van der Waals surface area contributed by atoms with Gasteiger partial charge >= 0.3 is 0 Å². The van der Waals surface area contributed by atoms with Gasteiger partial charge in [0.1, 0.15) is 17.2 Å². The molecule has 3 saturated heterocycles. The molecule has 3 aliphatic rings. The Balaban J connectivity index is 1.17. The van der Waals surface area contributed by atoms with E-state index >= 15 is 0 Å². The second-order valence-electron chi connectivity index (χ2n) is 8.82. The highest BCUT2D eigenvalue weighted by atomic mass is 19.1. The van der Waals surface area contributed by atoms with Crippen LogP contribution in [0.1, 0.15) is 31.4 Å². The fourth-order valence-electron chi connectivity index (χ4n) is 5.44. The predicted molar refractivity (Wildman–Crippen MR) is 111 cm³/mol. The second kappa shape index (κ2) is 7.71. The van der Waals surface area contributed by atoms with Gasteiger partial charge < -0.3 is 19.3 Å². The van der Waals surface area contributed by atoms with Crippen LogP contribution < -0.4 is 4.90 Å². The molecule has 3 atom stereocenters.